The van der Waals surface area contributed by atoms with Gasteiger partial charge in [-0.2, -0.15) is 0 Å². The Balaban J connectivity index is 1.69. The summed E-state index contributed by atoms with van der Waals surface area (Å²) >= 11 is 0. The van der Waals surface area contributed by atoms with Crippen molar-refractivity contribution in [1.29, 1.82) is 0 Å². The average Bonchev–Trinajstić information content (AvgIpc) is 3.20. The van der Waals surface area contributed by atoms with Crippen LogP contribution in [0.15, 0.2) is 36.7 Å². The number of amides is 2. The van der Waals surface area contributed by atoms with Gasteiger partial charge in [-0.15, -0.1) is 5.10 Å². The first-order chi connectivity index (χ1) is 11.2. The zero-order valence-electron chi connectivity index (χ0n) is 12.6. The third kappa shape index (κ3) is 3.91. The second kappa shape index (κ2) is 6.99. The highest BCUT2D eigenvalue weighted by Gasteiger charge is 2.25. The van der Waals surface area contributed by atoms with Gasteiger partial charge in [-0.05, 0) is 22.4 Å². The molecule has 2 amide bonds. The lowest BCUT2D eigenvalue weighted by Gasteiger charge is -2.25. The molecule has 1 aromatic carbocycles. The minimum Gasteiger partial charge on any atom is -0.346 e. The summed E-state index contributed by atoms with van der Waals surface area (Å²) in [6.07, 6.45) is 2.85. The molecule has 0 unspecified atom stereocenters. The normalized spacial score (nSPS) is 15.7. The molecule has 0 saturated carbocycles. The monoisotopic (exact) mass is 314 g/mol. The topological polar surface area (TPSA) is 93.0 Å². The molecule has 3 rings (SSSR count). The second-order valence-corrected chi connectivity index (χ2v) is 5.48. The van der Waals surface area contributed by atoms with E-state index in [0.29, 0.717) is 13.0 Å². The molecule has 1 aromatic heterocycles. The first-order valence-electron chi connectivity index (χ1n) is 7.55. The van der Waals surface area contributed by atoms with Gasteiger partial charge in [0.1, 0.15) is 12.9 Å². The van der Waals surface area contributed by atoms with Gasteiger partial charge in [-0.3, -0.25) is 9.59 Å². The Hall–Kier alpha value is -2.77. The zero-order valence-corrected chi connectivity index (χ0v) is 12.6. The first kappa shape index (κ1) is 15.1. The fourth-order valence-corrected chi connectivity index (χ4v) is 2.68. The van der Waals surface area contributed by atoms with Crippen molar-refractivity contribution < 1.29 is 9.59 Å². The molecule has 8 heteroatoms. The molecular formula is C15H18N6O2. The molecule has 120 valence electrons. The van der Waals surface area contributed by atoms with Gasteiger partial charge in [0.25, 0.3) is 0 Å². The van der Waals surface area contributed by atoms with Gasteiger partial charge in [0.05, 0.1) is 6.04 Å². The van der Waals surface area contributed by atoms with Gasteiger partial charge in [-0.25, -0.2) is 4.68 Å². The largest absolute Gasteiger partial charge is 0.346 e. The SMILES string of the molecule is O=C(Cn1cnnn1)N[C@@H](CN1CCCC1=O)c1ccccc1. The van der Waals surface area contributed by atoms with E-state index in [1.165, 1.54) is 11.0 Å². The van der Waals surface area contributed by atoms with Gasteiger partial charge in [0.2, 0.25) is 11.8 Å². The summed E-state index contributed by atoms with van der Waals surface area (Å²) in [5.74, 6) is -0.0570. The van der Waals surface area contributed by atoms with Crippen LogP contribution in [-0.2, 0) is 16.1 Å². The predicted molar refractivity (Wildman–Crippen MR) is 81.0 cm³/mol. The van der Waals surface area contributed by atoms with E-state index in [-0.39, 0.29) is 24.4 Å². The van der Waals surface area contributed by atoms with Crippen LogP contribution >= 0.6 is 0 Å². The Bertz CT molecular complexity index is 658. The van der Waals surface area contributed by atoms with Gasteiger partial charge >= 0.3 is 0 Å². The Morgan fingerprint density at radius 1 is 1.30 bits per heavy atom. The molecule has 1 aliphatic heterocycles. The van der Waals surface area contributed by atoms with Crippen LogP contribution in [0.5, 0.6) is 0 Å². The zero-order chi connectivity index (χ0) is 16.1. The summed E-state index contributed by atoms with van der Waals surface area (Å²) in [5.41, 5.74) is 0.970. The number of rotatable bonds is 6. The Morgan fingerprint density at radius 3 is 2.78 bits per heavy atom. The molecule has 0 bridgehead atoms. The van der Waals surface area contributed by atoms with E-state index in [1.54, 1.807) is 4.90 Å². The van der Waals surface area contributed by atoms with Crippen LogP contribution < -0.4 is 5.32 Å². The van der Waals surface area contributed by atoms with Crippen molar-refractivity contribution in [3.05, 3.63) is 42.2 Å². The van der Waals surface area contributed by atoms with Crippen molar-refractivity contribution in [2.45, 2.75) is 25.4 Å². The van der Waals surface area contributed by atoms with E-state index >= 15 is 0 Å². The van der Waals surface area contributed by atoms with Crippen molar-refractivity contribution >= 4 is 11.8 Å². The Labute approximate surface area is 133 Å². The quantitative estimate of drug-likeness (QED) is 0.819. The van der Waals surface area contributed by atoms with Crippen LogP contribution in [0.3, 0.4) is 0 Å². The summed E-state index contributed by atoms with van der Waals surface area (Å²) < 4.78 is 1.36. The number of benzene rings is 1. The standard InChI is InChI=1S/C15H18N6O2/c22-14(10-21-11-16-18-19-21)17-13(12-5-2-1-3-6-12)9-20-8-4-7-15(20)23/h1-3,5-6,11,13H,4,7-10H2,(H,17,22)/t13-/m0/s1. The molecule has 1 saturated heterocycles. The number of hydrogen-bond acceptors (Lipinski definition) is 5. The molecule has 1 atom stereocenters. The molecule has 2 heterocycles. The summed E-state index contributed by atoms with van der Waals surface area (Å²) in [6.45, 7) is 1.26. The smallest absolute Gasteiger partial charge is 0.242 e. The minimum absolute atomic E-state index is 0.0459. The van der Waals surface area contributed by atoms with E-state index < -0.39 is 0 Å². The summed E-state index contributed by atoms with van der Waals surface area (Å²) in [6, 6.07) is 9.40. The number of carbonyl (C=O) groups excluding carboxylic acids is 2. The van der Waals surface area contributed by atoms with E-state index in [1.807, 2.05) is 30.3 Å². The number of tetrazole rings is 1. The molecule has 0 spiro atoms. The summed E-state index contributed by atoms with van der Waals surface area (Å²) in [7, 11) is 0. The van der Waals surface area contributed by atoms with E-state index in [0.717, 1.165) is 18.5 Å². The minimum atomic E-state index is -0.248. The van der Waals surface area contributed by atoms with E-state index in [4.69, 9.17) is 0 Å². The van der Waals surface area contributed by atoms with Crippen LogP contribution in [0.25, 0.3) is 0 Å². The van der Waals surface area contributed by atoms with Crippen molar-refractivity contribution in [3.8, 4) is 0 Å². The van der Waals surface area contributed by atoms with Crippen molar-refractivity contribution in [3.63, 3.8) is 0 Å². The predicted octanol–water partition coefficient (Wildman–Crippen LogP) is 0.153. The van der Waals surface area contributed by atoms with Gasteiger partial charge < -0.3 is 10.2 Å². The highest BCUT2D eigenvalue weighted by Crippen LogP contribution is 2.18. The third-order valence-corrected chi connectivity index (χ3v) is 3.81. The summed E-state index contributed by atoms with van der Waals surface area (Å²) in [5, 5.41) is 13.7. The first-order valence-corrected chi connectivity index (χ1v) is 7.55. The van der Waals surface area contributed by atoms with Gasteiger partial charge in [0, 0.05) is 19.5 Å². The van der Waals surface area contributed by atoms with Crippen LogP contribution in [0.4, 0.5) is 0 Å². The second-order valence-electron chi connectivity index (χ2n) is 5.48. The molecule has 2 aromatic rings. The average molecular weight is 314 g/mol. The van der Waals surface area contributed by atoms with Crippen molar-refractivity contribution in [1.82, 2.24) is 30.4 Å². The maximum absolute atomic E-state index is 12.2. The molecule has 0 aliphatic carbocycles. The van der Waals surface area contributed by atoms with Crippen molar-refractivity contribution in [2.24, 2.45) is 0 Å². The van der Waals surface area contributed by atoms with E-state index in [9.17, 15) is 9.59 Å². The number of nitrogens with zero attached hydrogens (tertiary/aromatic N) is 5. The third-order valence-electron chi connectivity index (χ3n) is 3.81. The number of hydrogen-bond donors (Lipinski definition) is 1. The molecule has 23 heavy (non-hydrogen) atoms. The number of nitrogens with one attached hydrogen (secondary N) is 1. The Kier molecular flexibility index (Phi) is 4.60. The number of aromatic nitrogens is 4. The van der Waals surface area contributed by atoms with E-state index in [2.05, 4.69) is 20.8 Å². The van der Waals surface area contributed by atoms with Crippen molar-refractivity contribution in [2.75, 3.05) is 13.1 Å². The molecular weight excluding hydrogens is 296 g/mol. The maximum Gasteiger partial charge on any atom is 0.242 e. The summed E-state index contributed by atoms with van der Waals surface area (Å²) in [4.78, 5) is 25.9. The molecule has 8 nitrogen and oxygen atoms in total. The van der Waals surface area contributed by atoms with Crippen LogP contribution in [-0.4, -0.2) is 50.0 Å². The molecule has 1 N–H and O–H groups in total. The highest BCUT2D eigenvalue weighted by molar-refractivity contribution is 5.79. The maximum atomic E-state index is 12.2. The molecule has 1 fully saturated rings. The molecule has 0 radical (unpaired) electrons. The fourth-order valence-electron chi connectivity index (χ4n) is 2.68. The Morgan fingerprint density at radius 2 is 2.13 bits per heavy atom. The van der Waals surface area contributed by atoms with Gasteiger partial charge in [0.15, 0.2) is 0 Å². The fraction of sp³-hybridized carbons (Fsp3) is 0.400. The van der Waals surface area contributed by atoms with Crippen LogP contribution in [0.1, 0.15) is 24.4 Å². The van der Waals surface area contributed by atoms with Crippen LogP contribution in [0, 0.1) is 0 Å². The number of likely N-dealkylation sites (tertiary alicyclic amines) is 1. The highest BCUT2D eigenvalue weighted by atomic mass is 16.2. The van der Waals surface area contributed by atoms with Gasteiger partial charge in [-0.1, -0.05) is 30.3 Å². The number of carbonyl (C=O) groups is 2. The lowest BCUT2D eigenvalue weighted by atomic mass is 10.1. The lowest BCUT2D eigenvalue weighted by Crippen LogP contribution is -2.39. The van der Waals surface area contributed by atoms with Crippen LogP contribution in [0.2, 0.25) is 0 Å². The lowest BCUT2D eigenvalue weighted by molar-refractivity contribution is -0.129. The molecule has 1 aliphatic rings.